The molecule has 0 saturated carbocycles. The maximum Gasteiger partial charge on any atom is 0.254 e. The molecule has 2 aliphatic rings. The van der Waals surface area contributed by atoms with Crippen LogP contribution >= 0.6 is 23.2 Å². The highest BCUT2D eigenvalue weighted by Crippen LogP contribution is 2.48. The van der Waals surface area contributed by atoms with Crippen LogP contribution in [0.25, 0.3) is 0 Å². The molecule has 1 aliphatic heterocycles. The maximum atomic E-state index is 14.2. The summed E-state index contributed by atoms with van der Waals surface area (Å²) in [4.78, 5) is 26.7. The van der Waals surface area contributed by atoms with Crippen LogP contribution in [0.1, 0.15) is 45.1 Å². The molecule has 2 aromatic rings. The van der Waals surface area contributed by atoms with Crippen molar-refractivity contribution >= 4 is 40.6 Å². The van der Waals surface area contributed by atoms with Gasteiger partial charge in [-0.2, -0.15) is 0 Å². The molecule has 166 valence electrons. The number of dihydropyridines is 1. The molecular weight excluding hydrogens is 450 g/mol. The van der Waals surface area contributed by atoms with Gasteiger partial charge in [0.2, 0.25) is 0 Å². The van der Waals surface area contributed by atoms with E-state index in [4.69, 9.17) is 23.2 Å². The third-order valence-electron chi connectivity index (χ3n) is 5.88. The largest absolute Gasteiger partial charge is 0.362 e. The van der Waals surface area contributed by atoms with Crippen molar-refractivity contribution in [1.82, 2.24) is 5.32 Å². The number of rotatable bonds is 3. The minimum atomic E-state index is -0.689. The zero-order chi connectivity index (χ0) is 23.2. The third-order valence-corrected chi connectivity index (χ3v) is 6.44. The Morgan fingerprint density at radius 2 is 1.88 bits per heavy atom. The molecule has 0 spiro atoms. The number of allylic oxidation sites excluding steroid dienone is 3. The number of hydrogen-bond donors (Lipinski definition) is 2. The monoisotopic (exact) mass is 472 g/mol. The standard InChI is InChI=1S/C25H23Cl2FN2O2/c1-13-21(24(32)30-18-7-5-4-6-17(18)28)22(15-9-8-14(26)10-16(15)27)23-19(29-13)11-25(2,3)12-20(23)31/h4-10,22,29H,11-12H2,1-3H3,(H,30,32)/t22-/m0/s1. The van der Waals surface area contributed by atoms with Gasteiger partial charge in [0.05, 0.1) is 5.69 Å². The molecule has 0 aromatic heterocycles. The van der Waals surface area contributed by atoms with Gasteiger partial charge in [0.15, 0.2) is 5.78 Å². The first-order valence-corrected chi connectivity index (χ1v) is 11.1. The zero-order valence-electron chi connectivity index (χ0n) is 18.0. The third kappa shape index (κ3) is 4.19. The topological polar surface area (TPSA) is 58.2 Å². The smallest absolute Gasteiger partial charge is 0.254 e. The van der Waals surface area contributed by atoms with E-state index in [9.17, 15) is 14.0 Å². The summed E-state index contributed by atoms with van der Waals surface area (Å²) in [6, 6.07) is 11.0. The average molecular weight is 473 g/mol. The summed E-state index contributed by atoms with van der Waals surface area (Å²) in [5, 5.41) is 6.75. The average Bonchev–Trinajstić information content (AvgIpc) is 2.67. The number of para-hydroxylation sites is 1. The summed E-state index contributed by atoms with van der Waals surface area (Å²) < 4.78 is 14.2. The van der Waals surface area contributed by atoms with Crippen LogP contribution in [-0.2, 0) is 9.59 Å². The second-order valence-corrected chi connectivity index (χ2v) is 9.87. The predicted molar refractivity (Wildman–Crippen MR) is 125 cm³/mol. The normalized spacial score (nSPS) is 20.1. The fourth-order valence-electron chi connectivity index (χ4n) is 4.54. The molecule has 32 heavy (non-hydrogen) atoms. The van der Waals surface area contributed by atoms with Crippen LogP contribution in [-0.4, -0.2) is 11.7 Å². The second kappa shape index (κ2) is 8.38. The van der Waals surface area contributed by atoms with Crippen molar-refractivity contribution in [2.24, 2.45) is 5.41 Å². The molecule has 0 radical (unpaired) electrons. The van der Waals surface area contributed by atoms with E-state index < -0.39 is 17.6 Å². The fourth-order valence-corrected chi connectivity index (χ4v) is 5.05. The number of nitrogens with one attached hydrogen (secondary N) is 2. The predicted octanol–water partition coefficient (Wildman–Crippen LogP) is 6.38. The van der Waals surface area contributed by atoms with E-state index in [1.165, 1.54) is 12.1 Å². The number of benzene rings is 2. The number of Topliss-reactive ketones (excluding diaryl/α,β-unsaturated/α-hetero) is 1. The first-order chi connectivity index (χ1) is 15.1. The van der Waals surface area contributed by atoms with Gasteiger partial charge in [0.1, 0.15) is 5.82 Å². The van der Waals surface area contributed by atoms with Crippen molar-refractivity contribution in [3.63, 3.8) is 0 Å². The summed E-state index contributed by atoms with van der Waals surface area (Å²) >= 11 is 12.7. The molecule has 1 amide bonds. The second-order valence-electron chi connectivity index (χ2n) is 9.03. The van der Waals surface area contributed by atoms with E-state index in [1.54, 1.807) is 37.3 Å². The summed E-state index contributed by atoms with van der Waals surface area (Å²) in [6.07, 6.45) is 1.02. The van der Waals surface area contributed by atoms with Gasteiger partial charge in [0.25, 0.3) is 5.91 Å². The van der Waals surface area contributed by atoms with E-state index in [-0.39, 0.29) is 16.9 Å². The molecule has 0 bridgehead atoms. The van der Waals surface area contributed by atoms with Gasteiger partial charge < -0.3 is 10.6 Å². The number of ketones is 1. The van der Waals surface area contributed by atoms with E-state index in [0.717, 1.165) is 5.70 Å². The lowest BCUT2D eigenvalue weighted by molar-refractivity contribution is -0.118. The van der Waals surface area contributed by atoms with Crippen LogP contribution in [0, 0.1) is 11.2 Å². The van der Waals surface area contributed by atoms with Gasteiger partial charge in [0, 0.05) is 44.9 Å². The van der Waals surface area contributed by atoms with Crippen LogP contribution in [0.2, 0.25) is 10.0 Å². The van der Waals surface area contributed by atoms with Crippen LogP contribution in [0.15, 0.2) is 65.0 Å². The zero-order valence-corrected chi connectivity index (χ0v) is 19.5. The first kappa shape index (κ1) is 22.6. The van der Waals surface area contributed by atoms with E-state index in [0.29, 0.717) is 45.3 Å². The minimum absolute atomic E-state index is 0.0385. The highest BCUT2D eigenvalue weighted by molar-refractivity contribution is 6.35. The van der Waals surface area contributed by atoms with Crippen molar-refractivity contribution in [2.75, 3.05) is 5.32 Å². The van der Waals surface area contributed by atoms with Gasteiger partial charge in [-0.05, 0) is 48.6 Å². The molecule has 1 aliphatic carbocycles. The lowest BCUT2D eigenvalue weighted by Gasteiger charge is -2.39. The van der Waals surface area contributed by atoms with Crippen molar-refractivity contribution in [3.8, 4) is 0 Å². The Kier molecular flexibility index (Phi) is 5.91. The molecule has 1 atom stereocenters. The molecule has 4 rings (SSSR count). The van der Waals surface area contributed by atoms with Crippen molar-refractivity contribution < 1.29 is 14.0 Å². The van der Waals surface area contributed by atoms with Crippen molar-refractivity contribution in [2.45, 2.75) is 39.5 Å². The van der Waals surface area contributed by atoms with E-state index >= 15 is 0 Å². The molecule has 1 heterocycles. The Morgan fingerprint density at radius 3 is 2.56 bits per heavy atom. The number of halogens is 3. The summed E-state index contributed by atoms with van der Waals surface area (Å²) in [7, 11) is 0. The van der Waals surface area contributed by atoms with Crippen LogP contribution in [0.5, 0.6) is 0 Å². The first-order valence-electron chi connectivity index (χ1n) is 10.3. The highest BCUT2D eigenvalue weighted by Gasteiger charge is 2.43. The number of amides is 1. The molecule has 7 heteroatoms. The van der Waals surface area contributed by atoms with Gasteiger partial charge in [-0.15, -0.1) is 0 Å². The Balaban J connectivity index is 1.85. The maximum absolute atomic E-state index is 14.2. The molecule has 0 fully saturated rings. The molecule has 2 aromatic carbocycles. The minimum Gasteiger partial charge on any atom is -0.362 e. The fraction of sp³-hybridized carbons (Fsp3) is 0.280. The molecule has 0 unspecified atom stereocenters. The Morgan fingerprint density at radius 1 is 1.16 bits per heavy atom. The summed E-state index contributed by atoms with van der Waals surface area (Å²) in [5.74, 6) is -1.77. The highest BCUT2D eigenvalue weighted by atomic mass is 35.5. The lowest BCUT2D eigenvalue weighted by atomic mass is 9.68. The number of hydrogen-bond acceptors (Lipinski definition) is 3. The molecule has 0 saturated heterocycles. The van der Waals surface area contributed by atoms with Crippen LogP contribution in [0.3, 0.4) is 0 Å². The van der Waals surface area contributed by atoms with Crippen molar-refractivity contribution in [1.29, 1.82) is 0 Å². The Bertz CT molecular complexity index is 1200. The molecular formula is C25H23Cl2FN2O2. The Labute approximate surface area is 196 Å². The van der Waals surface area contributed by atoms with Crippen LogP contribution < -0.4 is 10.6 Å². The SMILES string of the molecule is CC1=C(C(=O)Nc2ccccc2F)[C@H](c2ccc(Cl)cc2Cl)C2=C(CC(C)(C)CC2=O)N1. The quantitative estimate of drug-likeness (QED) is 0.544. The van der Waals surface area contributed by atoms with Crippen molar-refractivity contribution in [3.05, 3.63) is 86.4 Å². The molecule has 2 N–H and O–H groups in total. The number of carbonyl (C=O) groups excluding carboxylic acids is 2. The Hall–Kier alpha value is -2.63. The van der Waals surface area contributed by atoms with E-state index in [2.05, 4.69) is 10.6 Å². The summed E-state index contributed by atoms with van der Waals surface area (Å²) in [5.41, 5.74) is 2.71. The van der Waals surface area contributed by atoms with Gasteiger partial charge in [-0.1, -0.05) is 55.2 Å². The van der Waals surface area contributed by atoms with Gasteiger partial charge in [-0.25, -0.2) is 4.39 Å². The lowest BCUT2D eigenvalue weighted by Crippen LogP contribution is -2.39. The number of carbonyl (C=O) groups is 2. The number of anilines is 1. The van der Waals surface area contributed by atoms with Gasteiger partial charge in [-0.3, -0.25) is 9.59 Å². The molecule has 4 nitrogen and oxygen atoms in total. The summed E-state index contributed by atoms with van der Waals surface area (Å²) in [6.45, 7) is 5.86. The van der Waals surface area contributed by atoms with E-state index in [1.807, 2.05) is 13.8 Å². The van der Waals surface area contributed by atoms with Gasteiger partial charge >= 0.3 is 0 Å². The van der Waals surface area contributed by atoms with Crippen LogP contribution in [0.4, 0.5) is 10.1 Å².